The second-order valence-corrected chi connectivity index (χ2v) is 8.43. The first kappa shape index (κ1) is 17.6. The van der Waals surface area contributed by atoms with Gasteiger partial charge in [-0.1, -0.05) is 6.42 Å². The van der Waals surface area contributed by atoms with E-state index >= 15 is 0 Å². The third kappa shape index (κ3) is 5.42. The highest BCUT2D eigenvalue weighted by atomic mass is 32.2. The summed E-state index contributed by atoms with van der Waals surface area (Å²) >= 11 is 0. The Balaban J connectivity index is 1.91. The monoisotopic (exact) mass is 339 g/mol. The number of nitrogens with zero attached hydrogens (tertiary/aromatic N) is 1. The molecule has 1 aliphatic heterocycles. The van der Waals surface area contributed by atoms with Crippen LogP contribution in [0.15, 0.2) is 29.3 Å². The molecule has 1 aromatic carbocycles. The van der Waals surface area contributed by atoms with Crippen molar-refractivity contribution >= 4 is 21.5 Å². The summed E-state index contributed by atoms with van der Waals surface area (Å²) in [6.45, 7) is 4.15. The van der Waals surface area contributed by atoms with E-state index in [0.717, 1.165) is 24.3 Å². The lowest BCUT2D eigenvalue weighted by Gasteiger charge is -2.20. The van der Waals surface area contributed by atoms with Crippen LogP contribution in [0.1, 0.15) is 33.1 Å². The summed E-state index contributed by atoms with van der Waals surface area (Å²) in [5.41, 5.74) is 6.63. The smallest absolute Gasteiger partial charge is 0.193 e. The van der Waals surface area contributed by atoms with E-state index in [4.69, 9.17) is 10.5 Å². The number of sulfone groups is 1. The molecule has 1 unspecified atom stereocenters. The Bertz CT molecular complexity index is 639. The highest BCUT2D eigenvalue weighted by molar-refractivity contribution is 7.92. The van der Waals surface area contributed by atoms with Crippen molar-refractivity contribution < 1.29 is 13.2 Å². The Labute approximate surface area is 138 Å². The Morgan fingerprint density at radius 1 is 1.35 bits per heavy atom. The molecule has 0 aromatic heterocycles. The van der Waals surface area contributed by atoms with Crippen LogP contribution in [0.25, 0.3) is 0 Å². The summed E-state index contributed by atoms with van der Waals surface area (Å²) < 4.78 is 29.4. The van der Waals surface area contributed by atoms with Gasteiger partial charge in [0.15, 0.2) is 15.8 Å². The number of guanidine groups is 1. The molecule has 1 heterocycles. The van der Waals surface area contributed by atoms with Crippen LogP contribution in [0.2, 0.25) is 0 Å². The van der Waals surface area contributed by atoms with Gasteiger partial charge in [0.1, 0.15) is 5.75 Å². The molecule has 0 amide bonds. The van der Waals surface area contributed by atoms with Crippen LogP contribution in [0, 0.1) is 0 Å². The topological polar surface area (TPSA) is 93.8 Å². The number of nitrogens with two attached hydrogens (primary N) is 1. The van der Waals surface area contributed by atoms with Crippen LogP contribution in [-0.4, -0.2) is 38.0 Å². The largest absolute Gasteiger partial charge is 0.491 e. The van der Waals surface area contributed by atoms with Crippen LogP contribution in [-0.2, 0) is 9.84 Å². The fraction of sp³-hybridized carbons (Fsp3) is 0.562. The third-order valence-corrected chi connectivity index (χ3v) is 5.93. The van der Waals surface area contributed by atoms with Crippen molar-refractivity contribution in [1.29, 1.82) is 0 Å². The summed E-state index contributed by atoms with van der Waals surface area (Å²) in [6.07, 6.45) is 2.48. The van der Waals surface area contributed by atoms with Gasteiger partial charge in [0.05, 0.1) is 23.7 Å². The van der Waals surface area contributed by atoms with Crippen molar-refractivity contribution in [3.05, 3.63) is 24.3 Å². The highest BCUT2D eigenvalue weighted by Gasteiger charge is 2.28. The zero-order valence-corrected chi connectivity index (χ0v) is 14.5. The molecule has 128 valence electrons. The van der Waals surface area contributed by atoms with Crippen molar-refractivity contribution in [3.8, 4) is 5.75 Å². The standard InChI is InChI=1S/C16H25N3O3S/c1-12(2)22-14-8-6-13(7-9-14)19-16(17)18-11-15-5-3-4-10-23(15,20)21/h6-9,12,15H,3-5,10-11H2,1-2H3,(H3,17,18,19). The van der Waals surface area contributed by atoms with Crippen molar-refractivity contribution in [2.24, 2.45) is 10.7 Å². The van der Waals surface area contributed by atoms with Crippen LogP contribution < -0.4 is 15.8 Å². The number of aliphatic imine (C=N–C) groups is 1. The Hall–Kier alpha value is -1.76. The predicted molar refractivity (Wildman–Crippen MR) is 93.7 cm³/mol. The molecule has 23 heavy (non-hydrogen) atoms. The molecule has 0 spiro atoms. The number of hydrogen-bond acceptors (Lipinski definition) is 4. The van der Waals surface area contributed by atoms with Gasteiger partial charge in [-0.2, -0.15) is 0 Å². The zero-order chi connectivity index (χ0) is 16.9. The van der Waals surface area contributed by atoms with Gasteiger partial charge >= 0.3 is 0 Å². The first-order valence-corrected chi connectivity index (χ1v) is 9.63. The molecule has 0 saturated carbocycles. The van der Waals surface area contributed by atoms with Gasteiger partial charge in [-0.05, 0) is 51.0 Å². The molecule has 0 aliphatic carbocycles. The van der Waals surface area contributed by atoms with Gasteiger partial charge in [0, 0.05) is 5.69 Å². The van der Waals surface area contributed by atoms with Crippen molar-refractivity contribution in [2.75, 3.05) is 17.6 Å². The van der Waals surface area contributed by atoms with Crippen LogP contribution >= 0.6 is 0 Å². The second kappa shape index (κ2) is 7.68. The highest BCUT2D eigenvalue weighted by Crippen LogP contribution is 2.20. The fourth-order valence-electron chi connectivity index (χ4n) is 2.50. The van der Waals surface area contributed by atoms with Gasteiger partial charge in [0.25, 0.3) is 0 Å². The van der Waals surface area contributed by atoms with Crippen molar-refractivity contribution in [3.63, 3.8) is 0 Å². The molecule has 2 rings (SSSR count). The second-order valence-electron chi connectivity index (χ2n) is 6.03. The summed E-state index contributed by atoms with van der Waals surface area (Å²) in [4.78, 5) is 4.18. The van der Waals surface area contributed by atoms with Gasteiger partial charge in [-0.3, -0.25) is 4.99 Å². The Morgan fingerprint density at radius 2 is 2.04 bits per heavy atom. The lowest BCUT2D eigenvalue weighted by atomic mass is 10.2. The molecule has 1 aliphatic rings. The van der Waals surface area contributed by atoms with Gasteiger partial charge in [-0.15, -0.1) is 0 Å². The van der Waals surface area contributed by atoms with Crippen LogP contribution in [0.5, 0.6) is 5.75 Å². The summed E-state index contributed by atoms with van der Waals surface area (Å²) in [5.74, 6) is 1.27. The van der Waals surface area contributed by atoms with E-state index in [0.29, 0.717) is 6.42 Å². The van der Waals surface area contributed by atoms with E-state index < -0.39 is 15.1 Å². The first-order valence-electron chi connectivity index (χ1n) is 7.92. The van der Waals surface area contributed by atoms with E-state index in [1.54, 1.807) is 0 Å². The fourth-order valence-corrected chi connectivity index (χ4v) is 4.27. The average molecular weight is 339 g/mol. The van der Waals surface area contributed by atoms with E-state index in [9.17, 15) is 8.42 Å². The maximum Gasteiger partial charge on any atom is 0.193 e. The SMILES string of the molecule is CC(C)Oc1ccc(NC(N)=NCC2CCCCS2(=O)=O)cc1. The molecular formula is C16H25N3O3S. The van der Waals surface area contributed by atoms with Gasteiger partial charge in [-0.25, -0.2) is 8.42 Å². The first-order chi connectivity index (χ1) is 10.9. The normalized spacial score (nSPS) is 21.2. The average Bonchev–Trinajstić information content (AvgIpc) is 2.47. The maximum absolute atomic E-state index is 11.9. The molecule has 1 fully saturated rings. The minimum Gasteiger partial charge on any atom is -0.491 e. The lowest BCUT2D eigenvalue weighted by molar-refractivity contribution is 0.242. The number of anilines is 1. The maximum atomic E-state index is 11.9. The molecular weight excluding hydrogens is 314 g/mol. The van der Waals surface area contributed by atoms with Gasteiger partial charge in [0.2, 0.25) is 0 Å². The van der Waals surface area contributed by atoms with Crippen LogP contribution in [0.3, 0.4) is 0 Å². The van der Waals surface area contributed by atoms with E-state index in [-0.39, 0.29) is 24.4 Å². The van der Waals surface area contributed by atoms with Crippen molar-refractivity contribution in [2.45, 2.75) is 44.5 Å². The number of nitrogens with one attached hydrogen (secondary N) is 1. The number of rotatable bonds is 5. The molecule has 7 heteroatoms. The minimum atomic E-state index is -3.02. The molecule has 6 nitrogen and oxygen atoms in total. The van der Waals surface area contributed by atoms with E-state index in [2.05, 4.69) is 10.3 Å². The Morgan fingerprint density at radius 3 is 2.65 bits per heavy atom. The number of hydrogen-bond donors (Lipinski definition) is 2. The zero-order valence-electron chi connectivity index (χ0n) is 13.7. The number of ether oxygens (including phenoxy) is 1. The lowest BCUT2D eigenvalue weighted by Crippen LogP contribution is -2.32. The minimum absolute atomic E-state index is 0.123. The van der Waals surface area contributed by atoms with Crippen molar-refractivity contribution in [1.82, 2.24) is 0 Å². The summed E-state index contributed by atoms with van der Waals surface area (Å²) in [5, 5.41) is 2.56. The third-order valence-electron chi connectivity index (χ3n) is 3.68. The molecule has 1 atom stereocenters. The van der Waals surface area contributed by atoms with E-state index in [1.165, 1.54) is 0 Å². The Kier molecular flexibility index (Phi) is 5.87. The molecule has 1 aromatic rings. The molecule has 0 bridgehead atoms. The molecule has 3 N–H and O–H groups in total. The molecule has 1 saturated heterocycles. The summed E-state index contributed by atoms with van der Waals surface area (Å²) in [6, 6.07) is 7.39. The van der Waals surface area contributed by atoms with Crippen LogP contribution in [0.4, 0.5) is 5.69 Å². The van der Waals surface area contributed by atoms with Gasteiger partial charge < -0.3 is 15.8 Å². The van der Waals surface area contributed by atoms with E-state index in [1.807, 2.05) is 38.1 Å². The number of benzene rings is 1. The molecule has 0 radical (unpaired) electrons. The summed E-state index contributed by atoms with van der Waals surface area (Å²) in [7, 11) is -3.02. The predicted octanol–water partition coefficient (Wildman–Crippen LogP) is 2.17. The quantitative estimate of drug-likeness (QED) is 0.633.